The molecule has 2 aromatic rings. The highest BCUT2D eigenvalue weighted by molar-refractivity contribution is 6.31. The molecule has 5 heteroatoms. The van der Waals surface area contributed by atoms with Gasteiger partial charge < -0.3 is 9.64 Å². The Kier molecular flexibility index (Phi) is 7.95. The molecule has 1 aliphatic rings. The van der Waals surface area contributed by atoms with Gasteiger partial charge in [0.15, 0.2) is 0 Å². The molecule has 0 atom stereocenters. The molecule has 30 heavy (non-hydrogen) atoms. The van der Waals surface area contributed by atoms with Crippen LogP contribution in [-0.4, -0.2) is 37.7 Å². The van der Waals surface area contributed by atoms with Gasteiger partial charge in [-0.05, 0) is 75.5 Å². The summed E-state index contributed by atoms with van der Waals surface area (Å²) in [4.78, 5) is 5.12. The van der Waals surface area contributed by atoms with Crippen LogP contribution in [-0.2, 0) is 5.54 Å². The van der Waals surface area contributed by atoms with E-state index in [1.807, 2.05) is 24.3 Å². The molecule has 0 amide bonds. The first kappa shape index (κ1) is 23.2. The number of hydrogen-bond acceptors (Lipinski definition) is 3. The average molecular weight is 449 g/mol. The summed E-state index contributed by atoms with van der Waals surface area (Å²) in [5, 5.41) is 1.51. The van der Waals surface area contributed by atoms with Crippen LogP contribution in [0, 0.1) is 0 Å². The maximum absolute atomic E-state index is 6.20. The van der Waals surface area contributed by atoms with E-state index in [9.17, 15) is 0 Å². The number of methoxy groups -OCH3 is 1. The molecule has 3 rings (SSSR count). The monoisotopic (exact) mass is 448 g/mol. The van der Waals surface area contributed by atoms with Crippen molar-refractivity contribution in [3.63, 3.8) is 0 Å². The van der Waals surface area contributed by atoms with Gasteiger partial charge in [-0.3, -0.25) is 4.90 Å². The number of nitrogens with zero attached hydrogens (tertiary/aromatic N) is 2. The first-order chi connectivity index (χ1) is 14.5. The van der Waals surface area contributed by atoms with Gasteiger partial charge in [-0.2, -0.15) is 0 Å². The Bertz CT molecular complexity index is 812. The van der Waals surface area contributed by atoms with Crippen molar-refractivity contribution in [1.29, 1.82) is 0 Å². The zero-order valence-corrected chi connectivity index (χ0v) is 20.1. The van der Waals surface area contributed by atoms with E-state index in [0.717, 1.165) is 61.8 Å². The van der Waals surface area contributed by atoms with E-state index in [0.29, 0.717) is 11.1 Å². The fourth-order valence-corrected chi connectivity index (χ4v) is 5.57. The second kappa shape index (κ2) is 10.3. The van der Waals surface area contributed by atoms with Crippen molar-refractivity contribution in [2.45, 2.75) is 58.0 Å². The molecule has 0 unspecified atom stereocenters. The summed E-state index contributed by atoms with van der Waals surface area (Å²) in [7, 11) is 1.72. The van der Waals surface area contributed by atoms with Crippen molar-refractivity contribution >= 4 is 28.9 Å². The molecule has 0 heterocycles. The normalized spacial score (nSPS) is 21.6. The van der Waals surface area contributed by atoms with Crippen molar-refractivity contribution < 1.29 is 4.74 Å². The Morgan fingerprint density at radius 1 is 0.900 bits per heavy atom. The number of ether oxygens (including phenoxy) is 1. The summed E-state index contributed by atoms with van der Waals surface area (Å²) >= 11 is 12.4. The van der Waals surface area contributed by atoms with Crippen LogP contribution in [0.2, 0.25) is 10.0 Å². The molecular weight excluding hydrogens is 415 g/mol. The van der Waals surface area contributed by atoms with E-state index in [1.54, 1.807) is 7.11 Å². The van der Waals surface area contributed by atoms with Gasteiger partial charge in [0.1, 0.15) is 5.75 Å². The van der Waals surface area contributed by atoms with Crippen molar-refractivity contribution in [3.8, 4) is 5.75 Å². The Hall–Kier alpha value is -1.42. The Labute approximate surface area is 191 Å². The van der Waals surface area contributed by atoms with Crippen molar-refractivity contribution in [2.24, 2.45) is 0 Å². The van der Waals surface area contributed by atoms with Crippen LogP contribution in [0.3, 0.4) is 0 Å². The van der Waals surface area contributed by atoms with Crippen LogP contribution in [0.15, 0.2) is 42.5 Å². The molecule has 3 nitrogen and oxygen atoms in total. The summed E-state index contributed by atoms with van der Waals surface area (Å²) in [6.07, 6.45) is 4.54. The second-order valence-electron chi connectivity index (χ2n) is 8.04. The first-order valence-corrected chi connectivity index (χ1v) is 11.9. The SMILES string of the molecule is CCN(c1ccc(Cl)cc1OC)C1CCC(c2ccc(Cl)cc2)(N(CC)CC)CC1. The number of benzene rings is 2. The summed E-state index contributed by atoms with van der Waals surface area (Å²) < 4.78 is 5.65. The Balaban J connectivity index is 1.87. The first-order valence-electron chi connectivity index (χ1n) is 11.1. The summed E-state index contributed by atoms with van der Waals surface area (Å²) in [6.45, 7) is 9.80. The molecule has 0 saturated heterocycles. The summed E-state index contributed by atoms with van der Waals surface area (Å²) in [6, 6.07) is 15.0. The van der Waals surface area contributed by atoms with Crippen LogP contribution in [0.5, 0.6) is 5.75 Å². The molecule has 0 aliphatic heterocycles. The molecule has 1 saturated carbocycles. The predicted octanol–water partition coefficient (Wildman–Crippen LogP) is 7.01. The van der Waals surface area contributed by atoms with Gasteiger partial charge in [-0.25, -0.2) is 0 Å². The van der Waals surface area contributed by atoms with E-state index in [2.05, 4.69) is 48.8 Å². The largest absolute Gasteiger partial charge is 0.495 e. The number of rotatable bonds is 8. The summed E-state index contributed by atoms with van der Waals surface area (Å²) in [5.41, 5.74) is 2.60. The van der Waals surface area contributed by atoms with E-state index >= 15 is 0 Å². The molecule has 0 bridgehead atoms. The van der Waals surface area contributed by atoms with Gasteiger partial charge in [0.25, 0.3) is 0 Å². The van der Waals surface area contributed by atoms with Gasteiger partial charge >= 0.3 is 0 Å². The van der Waals surface area contributed by atoms with Crippen LogP contribution >= 0.6 is 23.2 Å². The maximum atomic E-state index is 6.20. The number of hydrogen-bond donors (Lipinski definition) is 0. The average Bonchev–Trinajstić information content (AvgIpc) is 2.77. The summed E-state index contributed by atoms with van der Waals surface area (Å²) in [5.74, 6) is 0.850. The van der Waals surface area contributed by atoms with E-state index in [4.69, 9.17) is 27.9 Å². The van der Waals surface area contributed by atoms with Crippen LogP contribution < -0.4 is 9.64 Å². The third-order valence-corrected chi connectivity index (χ3v) is 7.25. The molecule has 1 fully saturated rings. The highest BCUT2D eigenvalue weighted by atomic mass is 35.5. The third kappa shape index (κ3) is 4.59. The molecule has 0 radical (unpaired) electrons. The zero-order valence-electron chi connectivity index (χ0n) is 18.6. The number of anilines is 1. The minimum absolute atomic E-state index is 0.0775. The molecule has 0 aromatic heterocycles. The second-order valence-corrected chi connectivity index (χ2v) is 8.92. The Morgan fingerprint density at radius 2 is 1.50 bits per heavy atom. The molecule has 2 aromatic carbocycles. The minimum atomic E-state index is 0.0775. The lowest BCUT2D eigenvalue weighted by Crippen LogP contribution is -2.51. The Morgan fingerprint density at radius 3 is 2.03 bits per heavy atom. The maximum Gasteiger partial charge on any atom is 0.143 e. The smallest absolute Gasteiger partial charge is 0.143 e. The standard InChI is InChI=1S/C25H34Cl2N2O/c1-5-28(6-2)25(19-8-10-20(26)11-9-19)16-14-22(15-17-25)29(7-3)23-13-12-21(27)18-24(23)30-4/h8-13,18,22H,5-7,14-17H2,1-4H3. The minimum Gasteiger partial charge on any atom is -0.495 e. The highest BCUT2D eigenvalue weighted by Gasteiger charge is 2.41. The van der Waals surface area contributed by atoms with E-state index < -0.39 is 0 Å². The lowest BCUT2D eigenvalue weighted by molar-refractivity contribution is 0.0506. The number of halogens is 2. The van der Waals surface area contributed by atoms with Crippen molar-refractivity contribution in [2.75, 3.05) is 31.6 Å². The fourth-order valence-electron chi connectivity index (χ4n) is 5.28. The van der Waals surface area contributed by atoms with Crippen LogP contribution in [0.25, 0.3) is 0 Å². The third-order valence-electron chi connectivity index (χ3n) is 6.77. The van der Waals surface area contributed by atoms with Crippen molar-refractivity contribution in [1.82, 2.24) is 4.90 Å². The lowest BCUT2D eigenvalue weighted by Gasteiger charge is -2.50. The van der Waals surface area contributed by atoms with Gasteiger partial charge in [-0.15, -0.1) is 0 Å². The topological polar surface area (TPSA) is 15.7 Å². The quantitative estimate of drug-likeness (QED) is 0.431. The predicted molar refractivity (Wildman–Crippen MR) is 129 cm³/mol. The molecule has 0 N–H and O–H groups in total. The lowest BCUT2D eigenvalue weighted by atomic mass is 9.73. The fraction of sp³-hybridized carbons (Fsp3) is 0.520. The zero-order chi connectivity index (χ0) is 21.7. The van der Waals surface area contributed by atoms with Crippen molar-refractivity contribution in [3.05, 3.63) is 58.1 Å². The van der Waals surface area contributed by atoms with Crippen LogP contribution in [0.4, 0.5) is 5.69 Å². The van der Waals surface area contributed by atoms with Gasteiger partial charge in [-0.1, -0.05) is 49.2 Å². The molecular formula is C25H34Cl2N2O. The van der Waals surface area contributed by atoms with Gasteiger partial charge in [0.2, 0.25) is 0 Å². The molecule has 164 valence electrons. The van der Waals surface area contributed by atoms with E-state index in [1.165, 1.54) is 5.56 Å². The van der Waals surface area contributed by atoms with Gasteiger partial charge in [0.05, 0.1) is 12.8 Å². The molecule has 0 spiro atoms. The van der Waals surface area contributed by atoms with E-state index in [-0.39, 0.29) is 5.54 Å². The van der Waals surface area contributed by atoms with Crippen LogP contribution in [0.1, 0.15) is 52.0 Å². The molecule has 1 aliphatic carbocycles. The van der Waals surface area contributed by atoms with Gasteiger partial charge in [0, 0.05) is 34.2 Å². The highest BCUT2D eigenvalue weighted by Crippen LogP contribution is 2.45.